The first-order chi connectivity index (χ1) is 8.61. The van der Waals surface area contributed by atoms with E-state index < -0.39 is 5.97 Å². The predicted octanol–water partition coefficient (Wildman–Crippen LogP) is 2.95. The molecule has 0 amide bonds. The molecule has 0 aliphatic heterocycles. The lowest BCUT2D eigenvalue weighted by molar-refractivity contribution is 0.0697. The molecule has 0 aliphatic rings. The molecule has 2 aromatic heterocycles. The van der Waals surface area contributed by atoms with E-state index in [1.54, 1.807) is 23.0 Å². The molecule has 0 saturated heterocycles. The van der Waals surface area contributed by atoms with Gasteiger partial charge in [0.2, 0.25) is 0 Å². The van der Waals surface area contributed by atoms with Crippen LogP contribution in [0.2, 0.25) is 0 Å². The van der Waals surface area contributed by atoms with Crippen LogP contribution >= 0.6 is 0 Å². The number of aromatic carboxylic acids is 1. The molecular weight excluding hydrogens is 232 g/mol. The lowest BCUT2D eigenvalue weighted by Crippen LogP contribution is -1.98. The van der Waals surface area contributed by atoms with Crippen molar-refractivity contribution in [1.82, 2.24) is 9.78 Å². The molecule has 0 bridgehead atoms. The van der Waals surface area contributed by atoms with Gasteiger partial charge in [-0.1, -0.05) is 13.3 Å². The van der Waals surface area contributed by atoms with Gasteiger partial charge in [-0.25, -0.2) is 4.79 Å². The summed E-state index contributed by atoms with van der Waals surface area (Å²) in [4.78, 5) is 11.2. The lowest BCUT2D eigenvalue weighted by Gasteiger charge is -1.97. The Balaban J connectivity index is 2.38. The minimum absolute atomic E-state index is 0.181. The van der Waals surface area contributed by atoms with Gasteiger partial charge in [0.1, 0.15) is 17.0 Å². The fourth-order valence-corrected chi connectivity index (χ4v) is 1.76. The molecule has 0 unspecified atom stereocenters. The summed E-state index contributed by atoms with van der Waals surface area (Å²) in [6.45, 7) is 4.62. The molecule has 0 fully saturated rings. The molecule has 0 aliphatic carbocycles. The zero-order valence-electron chi connectivity index (χ0n) is 10.5. The van der Waals surface area contributed by atoms with E-state index in [0.29, 0.717) is 11.5 Å². The van der Waals surface area contributed by atoms with Gasteiger partial charge in [-0.2, -0.15) is 5.10 Å². The first-order valence-corrected chi connectivity index (χ1v) is 5.99. The van der Waals surface area contributed by atoms with Gasteiger partial charge in [0.25, 0.3) is 0 Å². The Morgan fingerprint density at radius 1 is 1.50 bits per heavy atom. The number of rotatable bonds is 5. The van der Waals surface area contributed by atoms with Crippen LogP contribution in [0.5, 0.6) is 0 Å². The van der Waals surface area contributed by atoms with Gasteiger partial charge in [0.05, 0.1) is 0 Å². The minimum atomic E-state index is -0.984. The monoisotopic (exact) mass is 248 g/mol. The summed E-state index contributed by atoms with van der Waals surface area (Å²) in [5.41, 5.74) is 0.576. The number of carboxylic acids is 1. The highest BCUT2D eigenvalue weighted by Crippen LogP contribution is 2.24. The van der Waals surface area contributed by atoms with Crippen molar-refractivity contribution in [3.63, 3.8) is 0 Å². The number of aromatic nitrogens is 2. The van der Waals surface area contributed by atoms with E-state index in [9.17, 15) is 9.90 Å². The Labute approximate surface area is 105 Å². The van der Waals surface area contributed by atoms with Gasteiger partial charge in [-0.15, -0.1) is 0 Å². The van der Waals surface area contributed by atoms with Crippen LogP contribution in [0.25, 0.3) is 11.5 Å². The maximum atomic E-state index is 11.2. The normalized spacial score (nSPS) is 10.8. The molecule has 0 radical (unpaired) electrons. The van der Waals surface area contributed by atoms with Crippen molar-refractivity contribution in [2.45, 2.75) is 33.2 Å². The molecule has 1 N–H and O–H groups in total. The Morgan fingerprint density at radius 2 is 2.28 bits per heavy atom. The van der Waals surface area contributed by atoms with Crippen LogP contribution in [0.4, 0.5) is 0 Å². The molecule has 5 nitrogen and oxygen atoms in total. The molecule has 2 heterocycles. The molecule has 18 heavy (non-hydrogen) atoms. The van der Waals surface area contributed by atoms with Crippen LogP contribution in [-0.4, -0.2) is 20.9 Å². The number of aryl methyl sites for hydroxylation is 2. The Kier molecular flexibility index (Phi) is 3.50. The van der Waals surface area contributed by atoms with E-state index in [-0.39, 0.29) is 5.56 Å². The van der Waals surface area contributed by atoms with Gasteiger partial charge in [-0.3, -0.25) is 4.68 Å². The van der Waals surface area contributed by atoms with Crippen LogP contribution in [0.3, 0.4) is 0 Å². The Bertz CT molecular complexity index is 554. The summed E-state index contributed by atoms with van der Waals surface area (Å²) in [7, 11) is 0. The second kappa shape index (κ2) is 5.08. The first kappa shape index (κ1) is 12.4. The van der Waals surface area contributed by atoms with Gasteiger partial charge in [0, 0.05) is 12.7 Å². The Morgan fingerprint density at radius 3 is 2.83 bits per heavy atom. The predicted molar refractivity (Wildman–Crippen MR) is 66.5 cm³/mol. The maximum absolute atomic E-state index is 11.2. The Hall–Kier alpha value is -2.04. The summed E-state index contributed by atoms with van der Waals surface area (Å²) in [6.07, 6.45) is 3.57. The summed E-state index contributed by atoms with van der Waals surface area (Å²) in [5.74, 6) is 0.256. The topological polar surface area (TPSA) is 68.3 Å². The molecule has 0 aromatic carbocycles. The summed E-state index contributed by atoms with van der Waals surface area (Å²) >= 11 is 0. The standard InChI is InChI=1S/C13H16N2O3/c1-3-4-7-15-8-10(13(16)17)12(14-15)11-6-5-9(2)18-11/h5-6,8H,3-4,7H2,1-2H3,(H,16,17). The molecule has 2 rings (SSSR count). The third-order valence-corrected chi connectivity index (χ3v) is 2.71. The molecular formula is C13H16N2O3. The van der Waals surface area contributed by atoms with E-state index in [1.165, 1.54) is 0 Å². The van der Waals surface area contributed by atoms with E-state index in [4.69, 9.17) is 4.42 Å². The van der Waals surface area contributed by atoms with E-state index in [0.717, 1.165) is 25.1 Å². The van der Waals surface area contributed by atoms with Crippen LogP contribution in [0.1, 0.15) is 35.9 Å². The van der Waals surface area contributed by atoms with Crippen molar-refractivity contribution in [3.05, 3.63) is 29.7 Å². The number of carboxylic acid groups (broad SMARTS) is 1. The highest BCUT2D eigenvalue weighted by atomic mass is 16.4. The minimum Gasteiger partial charge on any atom is -0.478 e. The van der Waals surface area contributed by atoms with Crippen molar-refractivity contribution in [3.8, 4) is 11.5 Å². The van der Waals surface area contributed by atoms with Crippen molar-refractivity contribution < 1.29 is 14.3 Å². The molecule has 0 spiro atoms. The second-order valence-electron chi connectivity index (χ2n) is 4.22. The van der Waals surface area contributed by atoms with Crippen LogP contribution < -0.4 is 0 Å². The molecule has 5 heteroatoms. The van der Waals surface area contributed by atoms with Crippen molar-refractivity contribution in [2.75, 3.05) is 0 Å². The van der Waals surface area contributed by atoms with Crippen molar-refractivity contribution >= 4 is 5.97 Å². The van der Waals surface area contributed by atoms with Gasteiger partial charge in [0.15, 0.2) is 5.76 Å². The third-order valence-electron chi connectivity index (χ3n) is 2.71. The number of hydrogen-bond acceptors (Lipinski definition) is 3. The highest BCUT2D eigenvalue weighted by Gasteiger charge is 2.19. The number of hydrogen-bond donors (Lipinski definition) is 1. The summed E-state index contributed by atoms with van der Waals surface area (Å²) < 4.78 is 7.11. The average Bonchev–Trinajstić information content (AvgIpc) is 2.92. The fraction of sp³-hybridized carbons (Fsp3) is 0.385. The van der Waals surface area contributed by atoms with E-state index >= 15 is 0 Å². The number of carbonyl (C=O) groups is 1. The quantitative estimate of drug-likeness (QED) is 0.883. The van der Waals surface area contributed by atoms with Crippen LogP contribution in [0.15, 0.2) is 22.7 Å². The molecule has 0 atom stereocenters. The van der Waals surface area contributed by atoms with E-state index in [2.05, 4.69) is 12.0 Å². The summed E-state index contributed by atoms with van der Waals surface area (Å²) in [6, 6.07) is 3.54. The summed E-state index contributed by atoms with van der Waals surface area (Å²) in [5, 5.41) is 13.5. The SMILES string of the molecule is CCCCn1cc(C(=O)O)c(-c2ccc(C)o2)n1. The van der Waals surface area contributed by atoms with Gasteiger partial charge in [-0.05, 0) is 25.5 Å². The second-order valence-corrected chi connectivity index (χ2v) is 4.22. The number of unbranched alkanes of at least 4 members (excludes halogenated alkanes) is 1. The fourth-order valence-electron chi connectivity index (χ4n) is 1.76. The van der Waals surface area contributed by atoms with Crippen molar-refractivity contribution in [1.29, 1.82) is 0 Å². The highest BCUT2D eigenvalue weighted by molar-refractivity contribution is 5.93. The smallest absolute Gasteiger partial charge is 0.339 e. The first-order valence-electron chi connectivity index (χ1n) is 5.99. The average molecular weight is 248 g/mol. The van der Waals surface area contributed by atoms with Crippen LogP contribution in [-0.2, 0) is 6.54 Å². The largest absolute Gasteiger partial charge is 0.478 e. The zero-order valence-corrected chi connectivity index (χ0v) is 10.5. The molecule has 2 aromatic rings. The van der Waals surface area contributed by atoms with Gasteiger partial charge < -0.3 is 9.52 Å². The van der Waals surface area contributed by atoms with Gasteiger partial charge >= 0.3 is 5.97 Å². The number of furan rings is 1. The third kappa shape index (κ3) is 2.45. The van der Waals surface area contributed by atoms with E-state index in [1.807, 2.05) is 6.92 Å². The molecule has 0 saturated carbocycles. The number of nitrogens with zero attached hydrogens (tertiary/aromatic N) is 2. The van der Waals surface area contributed by atoms with Crippen LogP contribution in [0, 0.1) is 6.92 Å². The van der Waals surface area contributed by atoms with Crippen molar-refractivity contribution in [2.24, 2.45) is 0 Å². The maximum Gasteiger partial charge on any atom is 0.339 e. The zero-order chi connectivity index (χ0) is 13.1. The molecule has 96 valence electrons. The lowest BCUT2D eigenvalue weighted by atomic mass is 10.2.